The number of rotatable bonds is 3. The highest BCUT2D eigenvalue weighted by atomic mass is 15.2. The summed E-state index contributed by atoms with van der Waals surface area (Å²) in [6.07, 6.45) is 0. The third kappa shape index (κ3) is 1.97. The second kappa shape index (κ2) is 4.28. The van der Waals surface area contributed by atoms with Crippen molar-refractivity contribution in [3.05, 3.63) is 35.4 Å². The predicted octanol–water partition coefficient (Wildman–Crippen LogP) is 3.12. The van der Waals surface area contributed by atoms with E-state index >= 15 is 0 Å². The summed E-state index contributed by atoms with van der Waals surface area (Å²) in [5.74, 6) is 2.01. The van der Waals surface area contributed by atoms with Gasteiger partial charge in [0.25, 0.3) is 0 Å². The van der Waals surface area contributed by atoms with Gasteiger partial charge in [-0.15, -0.1) is 0 Å². The summed E-state index contributed by atoms with van der Waals surface area (Å²) >= 11 is 0. The van der Waals surface area contributed by atoms with E-state index in [2.05, 4.69) is 43.9 Å². The van der Waals surface area contributed by atoms with E-state index in [9.17, 15) is 0 Å². The zero-order valence-corrected chi connectivity index (χ0v) is 10.3. The number of fused-ring (bicyclic) bond motifs is 1. The molecular weight excluding hydrogens is 196 g/mol. The minimum Gasteiger partial charge on any atom is -0.352 e. The Morgan fingerprint density at radius 3 is 2.56 bits per heavy atom. The zero-order chi connectivity index (χ0) is 11.7. The van der Waals surface area contributed by atoms with Gasteiger partial charge in [0.1, 0.15) is 5.84 Å². The average molecular weight is 216 g/mol. The SMILES string of the molecule is CC(C)C(C)CN1Cc2ccccc2C1=N. The minimum atomic E-state index is 0.634. The summed E-state index contributed by atoms with van der Waals surface area (Å²) in [4.78, 5) is 2.19. The van der Waals surface area contributed by atoms with Crippen molar-refractivity contribution in [1.82, 2.24) is 4.90 Å². The third-order valence-electron chi connectivity index (χ3n) is 3.60. The van der Waals surface area contributed by atoms with Gasteiger partial charge in [0.05, 0.1) is 0 Å². The lowest BCUT2D eigenvalue weighted by Crippen LogP contribution is -2.30. The number of nitrogens with one attached hydrogen (secondary N) is 1. The molecule has 0 aromatic heterocycles. The molecule has 16 heavy (non-hydrogen) atoms. The highest BCUT2D eigenvalue weighted by Crippen LogP contribution is 2.24. The van der Waals surface area contributed by atoms with Crippen LogP contribution in [0.2, 0.25) is 0 Å². The number of hydrogen-bond acceptors (Lipinski definition) is 1. The molecule has 0 amide bonds. The van der Waals surface area contributed by atoms with Crippen LogP contribution < -0.4 is 0 Å². The minimum absolute atomic E-state index is 0.634. The van der Waals surface area contributed by atoms with E-state index in [0.717, 1.165) is 18.7 Å². The van der Waals surface area contributed by atoms with E-state index in [0.29, 0.717) is 17.7 Å². The van der Waals surface area contributed by atoms with E-state index in [1.165, 1.54) is 5.56 Å². The normalized spacial score (nSPS) is 16.8. The van der Waals surface area contributed by atoms with Gasteiger partial charge in [-0.25, -0.2) is 0 Å². The first kappa shape index (κ1) is 11.2. The Bertz CT molecular complexity index is 395. The molecular formula is C14H20N2. The van der Waals surface area contributed by atoms with Crippen LogP contribution >= 0.6 is 0 Å². The van der Waals surface area contributed by atoms with Crippen LogP contribution in [0.3, 0.4) is 0 Å². The second-order valence-electron chi connectivity index (χ2n) is 5.11. The van der Waals surface area contributed by atoms with Gasteiger partial charge < -0.3 is 4.90 Å². The lowest BCUT2D eigenvalue weighted by molar-refractivity contribution is 0.300. The Morgan fingerprint density at radius 2 is 1.94 bits per heavy atom. The maximum atomic E-state index is 8.15. The van der Waals surface area contributed by atoms with Crippen LogP contribution in [-0.2, 0) is 6.54 Å². The predicted molar refractivity (Wildman–Crippen MR) is 67.7 cm³/mol. The first-order chi connectivity index (χ1) is 7.59. The molecule has 1 aromatic carbocycles. The standard InChI is InChI=1S/C14H20N2/c1-10(2)11(3)8-16-9-12-6-4-5-7-13(12)14(16)15/h4-7,10-11,15H,8-9H2,1-3H3. The van der Waals surface area contributed by atoms with Gasteiger partial charge in [-0.2, -0.15) is 0 Å². The Morgan fingerprint density at radius 1 is 1.25 bits per heavy atom. The monoisotopic (exact) mass is 216 g/mol. The molecule has 0 spiro atoms. The first-order valence-corrected chi connectivity index (χ1v) is 6.01. The van der Waals surface area contributed by atoms with E-state index in [1.807, 2.05) is 6.07 Å². The maximum absolute atomic E-state index is 8.15. The average Bonchev–Trinajstić information content (AvgIpc) is 2.56. The van der Waals surface area contributed by atoms with Crippen LogP contribution in [-0.4, -0.2) is 17.3 Å². The summed E-state index contributed by atoms with van der Waals surface area (Å²) < 4.78 is 0. The van der Waals surface area contributed by atoms with Gasteiger partial charge in [0.2, 0.25) is 0 Å². The molecule has 0 saturated carbocycles. The molecule has 2 heteroatoms. The smallest absolute Gasteiger partial charge is 0.128 e. The summed E-state index contributed by atoms with van der Waals surface area (Å²) in [6.45, 7) is 8.66. The quantitative estimate of drug-likeness (QED) is 0.825. The van der Waals surface area contributed by atoms with Crippen molar-refractivity contribution < 1.29 is 0 Å². The highest BCUT2D eigenvalue weighted by Gasteiger charge is 2.25. The van der Waals surface area contributed by atoms with Crippen LogP contribution in [0, 0.1) is 17.2 Å². The first-order valence-electron chi connectivity index (χ1n) is 6.01. The number of amidine groups is 1. The van der Waals surface area contributed by atoms with Crippen LogP contribution in [0.1, 0.15) is 31.9 Å². The van der Waals surface area contributed by atoms with Crippen LogP contribution in [0.15, 0.2) is 24.3 Å². The highest BCUT2D eigenvalue weighted by molar-refractivity contribution is 6.00. The van der Waals surface area contributed by atoms with Crippen molar-refractivity contribution in [1.29, 1.82) is 5.41 Å². The molecule has 1 unspecified atom stereocenters. The van der Waals surface area contributed by atoms with Crippen molar-refractivity contribution in [3.63, 3.8) is 0 Å². The molecule has 86 valence electrons. The molecule has 1 aromatic rings. The van der Waals surface area contributed by atoms with Crippen LogP contribution in [0.5, 0.6) is 0 Å². The molecule has 0 radical (unpaired) electrons. The van der Waals surface area contributed by atoms with Crippen molar-refractivity contribution in [3.8, 4) is 0 Å². The van der Waals surface area contributed by atoms with Crippen molar-refractivity contribution in [2.75, 3.05) is 6.54 Å². The molecule has 0 saturated heterocycles. The Labute approximate surface area is 97.8 Å². The van der Waals surface area contributed by atoms with E-state index in [-0.39, 0.29) is 0 Å². The summed E-state index contributed by atoms with van der Waals surface area (Å²) in [6, 6.07) is 8.26. The van der Waals surface area contributed by atoms with Gasteiger partial charge in [-0.05, 0) is 17.4 Å². The largest absolute Gasteiger partial charge is 0.352 e. The Kier molecular flexibility index (Phi) is 2.99. The molecule has 1 aliphatic heterocycles. The number of benzene rings is 1. The number of hydrogen-bond donors (Lipinski definition) is 1. The molecule has 0 aliphatic carbocycles. The lowest BCUT2D eigenvalue weighted by atomic mass is 9.98. The van der Waals surface area contributed by atoms with E-state index in [4.69, 9.17) is 5.41 Å². The summed E-state index contributed by atoms with van der Waals surface area (Å²) in [5.41, 5.74) is 2.40. The zero-order valence-electron chi connectivity index (χ0n) is 10.3. The molecule has 1 heterocycles. The fraction of sp³-hybridized carbons (Fsp3) is 0.500. The van der Waals surface area contributed by atoms with Gasteiger partial charge >= 0.3 is 0 Å². The van der Waals surface area contributed by atoms with Gasteiger partial charge in [-0.1, -0.05) is 45.0 Å². The topological polar surface area (TPSA) is 27.1 Å². The van der Waals surface area contributed by atoms with Gasteiger partial charge in [0.15, 0.2) is 0 Å². The molecule has 1 N–H and O–H groups in total. The molecule has 0 fully saturated rings. The fourth-order valence-electron chi connectivity index (χ4n) is 2.06. The van der Waals surface area contributed by atoms with Gasteiger partial charge in [-0.3, -0.25) is 5.41 Å². The van der Waals surface area contributed by atoms with Crippen LogP contribution in [0.25, 0.3) is 0 Å². The Hall–Kier alpha value is -1.31. The van der Waals surface area contributed by atoms with Crippen molar-refractivity contribution >= 4 is 5.84 Å². The molecule has 2 nitrogen and oxygen atoms in total. The van der Waals surface area contributed by atoms with E-state index in [1.54, 1.807) is 0 Å². The number of nitrogens with zero attached hydrogens (tertiary/aromatic N) is 1. The molecule has 1 atom stereocenters. The third-order valence-corrected chi connectivity index (χ3v) is 3.60. The van der Waals surface area contributed by atoms with Crippen LogP contribution in [0.4, 0.5) is 0 Å². The summed E-state index contributed by atoms with van der Waals surface area (Å²) in [7, 11) is 0. The second-order valence-corrected chi connectivity index (χ2v) is 5.11. The maximum Gasteiger partial charge on any atom is 0.128 e. The Balaban J connectivity index is 2.10. The van der Waals surface area contributed by atoms with Gasteiger partial charge in [0, 0.05) is 18.7 Å². The van der Waals surface area contributed by atoms with Crippen molar-refractivity contribution in [2.24, 2.45) is 11.8 Å². The molecule has 1 aliphatic rings. The fourth-order valence-corrected chi connectivity index (χ4v) is 2.06. The van der Waals surface area contributed by atoms with E-state index < -0.39 is 0 Å². The molecule has 0 bridgehead atoms. The lowest BCUT2D eigenvalue weighted by Gasteiger charge is -2.24. The summed E-state index contributed by atoms with van der Waals surface area (Å²) in [5, 5.41) is 8.15. The molecule has 2 rings (SSSR count). The van der Waals surface area contributed by atoms with Crippen molar-refractivity contribution in [2.45, 2.75) is 27.3 Å².